The first-order valence-electron chi connectivity index (χ1n) is 9.28. The molecule has 160 valence electrons. The number of aryl methyl sites for hydroxylation is 1. The number of Topliss-reactive ketones (excluding diaryl/α,β-unsaturated/α-hetero) is 1. The molecule has 1 heterocycles. The molecule has 0 bridgehead atoms. The molecule has 0 radical (unpaired) electrons. The zero-order valence-corrected chi connectivity index (χ0v) is 17.7. The van der Waals surface area contributed by atoms with Crippen molar-refractivity contribution < 1.29 is 33.3 Å². The Morgan fingerprint density at radius 1 is 1.03 bits per heavy atom. The second-order valence-electron chi connectivity index (χ2n) is 6.32. The fourth-order valence-corrected chi connectivity index (χ4v) is 2.92. The molecule has 0 fully saturated rings. The summed E-state index contributed by atoms with van der Waals surface area (Å²) in [4.78, 5) is 39.3. The highest BCUT2D eigenvalue weighted by Gasteiger charge is 2.23. The molecule has 2 aromatic rings. The number of nitrogens with one attached hydrogen (secondary N) is 1. The molecule has 8 nitrogen and oxygen atoms in total. The summed E-state index contributed by atoms with van der Waals surface area (Å²) in [6.07, 6.45) is 2.75. The number of rotatable bonds is 9. The van der Waals surface area contributed by atoms with Gasteiger partial charge < -0.3 is 23.9 Å². The predicted molar refractivity (Wildman–Crippen MR) is 110 cm³/mol. The number of hydrogen-bond donors (Lipinski definition) is 1. The fraction of sp³-hybridized carbons (Fsp3) is 0.318. The summed E-state index contributed by atoms with van der Waals surface area (Å²) in [7, 11) is 3.05. The van der Waals surface area contributed by atoms with Crippen molar-refractivity contribution in [1.82, 2.24) is 4.98 Å². The molecular weight excluding hydrogens is 390 g/mol. The van der Waals surface area contributed by atoms with Crippen molar-refractivity contribution >= 4 is 23.8 Å². The molecule has 1 aromatic carbocycles. The van der Waals surface area contributed by atoms with Crippen LogP contribution in [0.15, 0.2) is 24.3 Å². The third-order valence-electron chi connectivity index (χ3n) is 4.36. The molecule has 0 aliphatic rings. The van der Waals surface area contributed by atoms with Crippen LogP contribution in [0.25, 0.3) is 6.08 Å². The normalized spacial score (nSPS) is 10.7. The molecule has 0 aliphatic heterocycles. The number of benzene rings is 1. The Labute approximate surface area is 174 Å². The van der Waals surface area contributed by atoms with E-state index in [9.17, 15) is 14.4 Å². The molecule has 1 aromatic heterocycles. The van der Waals surface area contributed by atoms with Gasteiger partial charge in [0.1, 0.15) is 0 Å². The van der Waals surface area contributed by atoms with Gasteiger partial charge in [-0.3, -0.25) is 4.79 Å². The van der Waals surface area contributed by atoms with Gasteiger partial charge in [0.05, 0.1) is 32.1 Å². The van der Waals surface area contributed by atoms with Crippen LogP contribution in [0.4, 0.5) is 0 Å². The van der Waals surface area contributed by atoms with Crippen LogP contribution in [0.3, 0.4) is 0 Å². The van der Waals surface area contributed by atoms with Crippen molar-refractivity contribution in [2.45, 2.75) is 20.8 Å². The predicted octanol–water partition coefficient (Wildman–Crippen LogP) is 3.26. The van der Waals surface area contributed by atoms with Gasteiger partial charge in [-0.2, -0.15) is 0 Å². The molecule has 8 heteroatoms. The molecule has 0 saturated carbocycles. The summed E-state index contributed by atoms with van der Waals surface area (Å²) < 4.78 is 20.4. The van der Waals surface area contributed by atoms with Crippen molar-refractivity contribution in [2.24, 2.45) is 0 Å². The number of carbonyl (C=O) groups excluding carboxylic acids is 3. The Kier molecular flexibility index (Phi) is 7.80. The first kappa shape index (κ1) is 22.7. The largest absolute Gasteiger partial charge is 0.493 e. The smallest absolute Gasteiger partial charge is 0.340 e. The van der Waals surface area contributed by atoms with Crippen molar-refractivity contribution in [3.8, 4) is 11.5 Å². The lowest BCUT2D eigenvalue weighted by Crippen LogP contribution is -2.14. The van der Waals surface area contributed by atoms with E-state index < -0.39 is 24.3 Å². The van der Waals surface area contributed by atoms with Crippen molar-refractivity contribution in [1.29, 1.82) is 0 Å². The van der Waals surface area contributed by atoms with E-state index in [1.807, 2.05) is 0 Å². The zero-order valence-electron chi connectivity index (χ0n) is 17.7. The summed E-state index contributed by atoms with van der Waals surface area (Å²) in [5, 5.41) is 0. The quantitative estimate of drug-likeness (QED) is 0.381. The average Bonchev–Trinajstić information content (AvgIpc) is 3.04. The summed E-state index contributed by atoms with van der Waals surface area (Å²) in [5.74, 6) is -0.527. The van der Waals surface area contributed by atoms with Crippen LogP contribution in [0.5, 0.6) is 11.5 Å². The molecule has 1 N–H and O–H groups in total. The SMILES string of the molecule is CCOC(=O)c1c(C)[nH]c(C(=O)COC(=O)/C=C/c2ccc(OC)c(OC)c2)c1C. The fourth-order valence-electron chi connectivity index (χ4n) is 2.92. The molecule has 0 saturated heterocycles. The highest BCUT2D eigenvalue weighted by atomic mass is 16.5. The number of ketones is 1. The first-order chi connectivity index (χ1) is 14.3. The standard InChI is InChI=1S/C22H25NO7/c1-6-29-22(26)20-13(2)21(23-14(20)3)16(24)12-30-19(25)10-8-15-7-9-17(27-4)18(11-15)28-5/h7-11,23H,6,12H2,1-5H3/b10-8+. The van der Waals surface area contributed by atoms with Gasteiger partial charge in [-0.25, -0.2) is 9.59 Å². The van der Waals surface area contributed by atoms with Crippen molar-refractivity contribution in [3.05, 3.63) is 52.4 Å². The minimum Gasteiger partial charge on any atom is -0.493 e. The molecule has 30 heavy (non-hydrogen) atoms. The number of hydrogen-bond acceptors (Lipinski definition) is 7. The van der Waals surface area contributed by atoms with E-state index in [2.05, 4.69) is 4.98 Å². The van der Waals surface area contributed by atoms with Gasteiger partial charge in [0, 0.05) is 11.8 Å². The van der Waals surface area contributed by atoms with Gasteiger partial charge in [-0.15, -0.1) is 0 Å². The van der Waals surface area contributed by atoms with E-state index in [-0.39, 0.29) is 12.3 Å². The monoisotopic (exact) mass is 415 g/mol. The number of aromatic amines is 1. The molecule has 0 spiro atoms. The molecular formula is C22H25NO7. The Hall–Kier alpha value is -3.55. The third kappa shape index (κ3) is 5.28. The van der Waals surface area contributed by atoms with Crippen LogP contribution in [0.1, 0.15) is 44.6 Å². The number of methoxy groups -OCH3 is 2. The first-order valence-corrected chi connectivity index (χ1v) is 9.28. The van der Waals surface area contributed by atoms with E-state index in [1.165, 1.54) is 26.4 Å². The summed E-state index contributed by atoms with van der Waals surface area (Å²) >= 11 is 0. The van der Waals surface area contributed by atoms with Gasteiger partial charge in [-0.05, 0) is 50.1 Å². The van der Waals surface area contributed by atoms with Crippen LogP contribution in [-0.4, -0.2) is 50.1 Å². The van der Waals surface area contributed by atoms with E-state index in [0.717, 1.165) is 0 Å². The molecule has 0 unspecified atom stereocenters. The lowest BCUT2D eigenvalue weighted by atomic mass is 10.1. The molecule has 0 amide bonds. The van der Waals surface area contributed by atoms with Crippen LogP contribution < -0.4 is 9.47 Å². The minimum atomic E-state index is -0.676. The average molecular weight is 415 g/mol. The van der Waals surface area contributed by atoms with E-state index in [4.69, 9.17) is 18.9 Å². The summed E-state index contributed by atoms with van der Waals surface area (Å²) in [5.41, 5.74) is 2.22. The highest BCUT2D eigenvalue weighted by Crippen LogP contribution is 2.28. The topological polar surface area (TPSA) is 104 Å². The number of esters is 2. The minimum absolute atomic E-state index is 0.215. The van der Waals surface area contributed by atoms with Crippen molar-refractivity contribution in [2.75, 3.05) is 27.4 Å². The number of ether oxygens (including phenoxy) is 4. The van der Waals surface area contributed by atoms with Crippen LogP contribution >= 0.6 is 0 Å². The Balaban J connectivity index is 2.01. The third-order valence-corrected chi connectivity index (χ3v) is 4.36. The number of aromatic nitrogens is 1. The second kappa shape index (κ2) is 10.3. The van der Waals surface area contributed by atoms with E-state index in [1.54, 1.807) is 39.0 Å². The van der Waals surface area contributed by atoms with Crippen LogP contribution in [-0.2, 0) is 14.3 Å². The van der Waals surface area contributed by atoms with E-state index in [0.29, 0.717) is 33.9 Å². The van der Waals surface area contributed by atoms with Crippen LogP contribution in [0, 0.1) is 13.8 Å². The molecule has 2 rings (SSSR count). The van der Waals surface area contributed by atoms with Gasteiger partial charge in [-0.1, -0.05) is 6.07 Å². The Morgan fingerprint density at radius 2 is 1.73 bits per heavy atom. The van der Waals surface area contributed by atoms with Gasteiger partial charge >= 0.3 is 11.9 Å². The summed E-state index contributed by atoms with van der Waals surface area (Å²) in [6, 6.07) is 5.17. The highest BCUT2D eigenvalue weighted by molar-refractivity contribution is 6.03. The maximum absolute atomic E-state index is 12.4. The van der Waals surface area contributed by atoms with Gasteiger partial charge in [0.2, 0.25) is 5.78 Å². The molecule has 0 atom stereocenters. The van der Waals surface area contributed by atoms with Crippen LogP contribution in [0.2, 0.25) is 0 Å². The van der Waals surface area contributed by atoms with E-state index >= 15 is 0 Å². The maximum Gasteiger partial charge on any atom is 0.340 e. The number of H-pyrrole nitrogens is 1. The lowest BCUT2D eigenvalue weighted by Gasteiger charge is -2.07. The number of carbonyl (C=O) groups is 3. The summed E-state index contributed by atoms with van der Waals surface area (Å²) in [6.45, 7) is 4.79. The maximum atomic E-state index is 12.4. The Bertz CT molecular complexity index is 972. The second-order valence-corrected chi connectivity index (χ2v) is 6.32. The van der Waals surface area contributed by atoms with Crippen molar-refractivity contribution in [3.63, 3.8) is 0 Å². The Morgan fingerprint density at radius 3 is 2.37 bits per heavy atom. The van der Waals surface area contributed by atoms with Gasteiger partial charge in [0.25, 0.3) is 0 Å². The lowest BCUT2D eigenvalue weighted by molar-refractivity contribution is -0.136. The molecule has 0 aliphatic carbocycles. The van der Waals surface area contributed by atoms with Gasteiger partial charge in [0.15, 0.2) is 18.1 Å². The zero-order chi connectivity index (χ0) is 22.3.